The fourth-order valence-electron chi connectivity index (χ4n) is 3.07. The van der Waals surface area contributed by atoms with Crippen LogP contribution in [-0.2, 0) is 0 Å². The summed E-state index contributed by atoms with van der Waals surface area (Å²) in [4.78, 5) is 2.47. The molecule has 0 saturated heterocycles. The third kappa shape index (κ3) is 3.22. The predicted octanol–water partition coefficient (Wildman–Crippen LogP) is 6.75. The van der Waals surface area contributed by atoms with Gasteiger partial charge in [-0.2, -0.15) is 0 Å². The topological polar surface area (TPSA) is 18.5 Å². The van der Waals surface area contributed by atoms with Gasteiger partial charge in [0.2, 0.25) is 16.0 Å². The monoisotopic (exact) mass is 379 g/mol. The summed E-state index contributed by atoms with van der Waals surface area (Å²) >= 11 is 3.51. The van der Waals surface area contributed by atoms with Gasteiger partial charge in [-0.3, -0.25) is 0 Å². The number of hydrogen-bond donors (Lipinski definition) is 0. The molecule has 2 nitrogen and oxygen atoms in total. The van der Waals surface area contributed by atoms with Crippen molar-refractivity contribution in [3.05, 3.63) is 70.0 Å². The van der Waals surface area contributed by atoms with Crippen LogP contribution in [0.5, 0.6) is 11.5 Å². The van der Waals surface area contributed by atoms with Crippen LogP contribution in [-0.4, -0.2) is 14.2 Å². The number of thioether (sulfide) groups is 1. The summed E-state index contributed by atoms with van der Waals surface area (Å²) in [6.07, 6.45) is 4.52. The lowest BCUT2D eigenvalue weighted by Crippen LogP contribution is -1.93. The number of ether oxygens (including phenoxy) is 2. The summed E-state index contributed by atoms with van der Waals surface area (Å²) in [6.45, 7) is 2.16. The van der Waals surface area contributed by atoms with Crippen LogP contribution in [0.2, 0.25) is 0 Å². The number of rotatable bonds is 3. The first-order valence-corrected chi connectivity index (χ1v) is 10.0. The van der Waals surface area contributed by atoms with Gasteiger partial charge < -0.3 is 9.47 Å². The number of methoxy groups -OCH3 is 2. The second-order valence-corrected chi connectivity index (χ2v) is 8.14. The molecule has 0 bridgehead atoms. The highest BCUT2D eigenvalue weighted by Crippen LogP contribution is 2.42. The van der Waals surface area contributed by atoms with Crippen LogP contribution in [0.15, 0.2) is 63.7 Å². The van der Waals surface area contributed by atoms with Crippen LogP contribution in [0.4, 0.5) is 0 Å². The van der Waals surface area contributed by atoms with Crippen LogP contribution < -0.4 is 9.47 Å². The Hall–Kier alpha value is -2.30. The van der Waals surface area contributed by atoms with Crippen LogP contribution >= 0.6 is 23.1 Å². The summed E-state index contributed by atoms with van der Waals surface area (Å²) in [7, 11) is 3.41. The zero-order valence-electron chi connectivity index (χ0n) is 14.9. The molecule has 0 saturated carbocycles. The zero-order chi connectivity index (χ0) is 18.1. The van der Waals surface area contributed by atoms with Crippen molar-refractivity contribution >= 4 is 44.8 Å². The molecule has 130 valence electrons. The van der Waals surface area contributed by atoms with Gasteiger partial charge in [0.05, 0.1) is 14.2 Å². The quantitative estimate of drug-likeness (QED) is 0.469. The minimum atomic E-state index is 0.891. The second kappa shape index (κ2) is 7.14. The van der Waals surface area contributed by atoms with Gasteiger partial charge in [-0.05, 0) is 66.1 Å². The minimum Gasteiger partial charge on any atom is -0.497 e. The molecule has 1 aromatic heterocycles. The summed E-state index contributed by atoms with van der Waals surface area (Å²) in [5.41, 5.74) is 3.77. The highest BCUT2D eigenvalue weighted by molar-refractivity contribution is 8.03. The van der Waals surface area contributed by atoms with E-state index >= 15 is 0 Å². The Morgan fingerprint density at radius 1 is 0.962 bits per heavy atom. The minimum absolute atomic E-state index is 0.891. The van der Waals surface area contributed by atoms with E-state index in [0.29, 0.717) is 0 Å². The summed E-state index contributed by atoms with van der Waals surface area (Å²) in [5.74, 6) is 1.78. The highest BCUT2D eigenvalue weighted by Gasteiger charge is 2.16. The van der Waals surface area contributed by atoms with E-state index in [1.807, 2.05) is 12.1 Å². The maximum absolute atomic E-state index is 5.39. The van der Waals surface area contributed by atoms with Gasteiger partial charge >= 0.3 is 0 Å². The first-order chi connectivity index (χ1) is 12.7. The lowest BCUT2D eigenvalue weighted by molar-refractivity contribution is 0.413. The smallest absolute Gasteiger partial charge is 0.242 e. The summed E-state index contributed by atoms with van der Waals surface area (Å²) in [5, 5.41) is 3.38. The molecular weight excluding hydrogens is 360 g/mol. The van der Waals surface area contributed by atoms with Gasteiger partial charge in [-0.1, -0.05) is 11.8 Å². The molecule has 4 heteroatoms. The van der Waals surface area contributed by atoms with E-state index in [9.17, 15) is 0 Å². The van der Waals surface area contributed by atoms with E-state index in [2.05, 4.69) is 54.8 Å². The first kappa shape index (κ1) is 17.1. The molecule has 0 fully saturated rings. The molecule has 0 aliphatic carbocycles. The molecule has 0 atom stereocenters. The first-order valence-electron chi connectivity index (χ1n) is 8.33. The van der Waals surface area contributed by atoms with Gasteiger partial charge in [0.1, 0.15) is 11.5 Å². The van der Waals surface area contributed by atoms with Crippen LogP contribution in [0.25, 0.3) is 21.7 Å². The Bertz CT molecular complexity index is 1050. The summed E-state index contributed by atoms with van der Waals surface area (Å²) in [6, 6.07) is 14.7. The van der Waals surface area contributed by atoms with Crippen molar-refractivity contribution in [2.75, 3.05) is 14.2 Å². The Morgan fingerprint density at radius 2 is 1.73 bits per heavy atom. The van der Waals surface area contributed by atoms with E-state index in [0.717, 1.165) is 11.5 Å². The molecule has 1 aliphatic heterocycles. The lowest BCUT2D eigenvalue weighted by Gasteiger charge is -2.17. The average molecular weight is 380 g/mol. The van der Waals surface area contributed by atoms with E-state index in [4.69, 9.17) is 9.47 Å². The van der Waals surface area contributed by atoms with E-state index < -0.39 is 0 Å². The zero-order valence-corrected chi connectivity index (χ0v) is 16.5. The maximum Gasteiger partial charge on any atom is 0.242 e. The van der Waals surface area contributed by atoms with Crippen molar-refractivity contribution in [2.24, 2.45) is 0 Å². The molecule has 2 heterocycles. The molecule has 0 radical (unpaired) electrons. The van der Waals surface area contributed by atoms with Crippen molar-refractivity contribution in [3.63, 3.8) is 0 Å². The van der Waals surface area contributed by atoms with Crippen molar-refractivity contribution < 1.29 is 9.47 Å². The largest absolute Gasteiger partial charge is 0.497 e. The van der Waals surface area contributed by atoms with Crippen molar-refractivity contribution in [1.29, 1.82) is 0 Å². The van der Waals surface area contributed by atoms with E-state index in [1.165, 1.54) is 36.6 Å². The molecule has 0 spiro atoms. The fourth-order valence-corrected chi connectivity index (χ4v) is 5.12. The number of allylic oxidation sites excluding steroid dienone is 2. The standard InChI is InChI=1S/C22H19O2S2/c1-14-10-18(26-22-13-17(24-3)4-6-19(14)22)11-15-8-9-25-21-12-16(23-2)5-7-20(15)21/h4-13H,1-3H3/q+1. The van der Waals surface area contributed by atoms with Crippen LogP contribution in [0.3, 0.4) is 0 Å². The molecule has 0 N–H and O–H groups in total. The third-order valence-electron chi connectivity index (χ3n) is 4.44. The third-order valence-corrected chi connectivity index (χ3v) is 6.33. The Kier molecular flexibility index (Phi) is 4.70. The average Bonchev–Trinajstić information content (AvgIpc) is 2.67. The molecule has 2 aromatic carbocycles. The molecule has 0 unspecified atom stereocenters. The summed E-state index contributed by atoms with van der Waals surface area (Å²) < 4.78 is 12.0. The SMILES string of the molecule is COc1ccc2c(c1)S/C(=C\c1cc[s+]c3cc(OC)ccc13)C=C2C. The molecular formula is C22H19O2S2+. The Morgan fingerprint density at radius 3 is 2.54 bits per heavy atom. The van der Waals surface area contributed by atoms with Gasteiger partial charge in [0, 0.05) is 27.3 Å². The van der Waals surface area contributed by atoms with Crippen LogP contribution in [0.1, 0.15) is 18.1 Å². The van der Waals surface area contributed by atoms with Crippen molar-refractivity contribution in [1.82, 2.24) is 0 Å². The van der Waals surface area contributed by atoms with Gasteiger partial charge in [0.15, 0.2) is 5.38 Å². The number of hydrogen-bond acceptors (Lipinski definition) is 3. The maximum atomic E-state index is 5.39. The second-order valence-electron chi connectivity index (χ2n) is 6.08. The molecule has 3 aromatic rings. The Balaban J connectivity index is 1.77. The van der Waals surface area contributed by atoms with Crippen molar-refractivity contribution in [2.45, 2.75) is 11.8 Å². The van der Waals surface area contributed by atoms with Gasteiger partial charge in [-0.25, -0.2) is 0 Å². The highest BCUT2D eigenvalue weighted by atomic mass is 32.2. The van der Waals surface area contributed by atoms with E-state index in [-0.39, 0.29) is 0 Å². The molecule has 0 amide bonds. The van der Waals surface area contributed by atoms with Gasteiger partial charge in [0.25, 0.3) is 0 Å². The number of benzene rings is 2. The molecule has 1 aliphatic rings. The number of fused-ring (bicyclic) bond motifs is 2. The lowest BCUT2D eigenvalue weighted by atomic mass is 10.1. The van der Waals surface area contributed by atoms with Crippen LogP contribution in [0, 0.1) is 0 Å². The van der Waals surface area contributed by atoms with E-state index in [1.54, 1.807) is 37.3 Å². The normalized spacial score (nSPS) is 14.9. The fraction of sp³-hybridized carbons (Fsp3) is 0.136. The molecule has 4 rings (SSSR count). The predicted molar refractivity (Wildman–Crippen MR) is 113 cm³/mol. The Labute approximate surface area is 161 Å². The van der Waals surface area contributed by atoms with Crippen molar-refractivity contribution in [3.8, 4) is 11.5 Å². The van der Waals surface area contributed by atoms with Gasteiger partial charge in [-0.15, -0.1) is 0 Å². The molecule has 26 heavy (non-hydrogen) atoms.